The van der Waals surface area contributed by atoms with Crippen molar-refractivity contribution in [3.63, 3.8) is 0 Å². The standard InChI is InChI=1S/C20H23N3O2S/c1-22(2)20(25)11-13-21-19(24)12-14-23-15-7-3-5-9-17(15)26-18-10-6-4-8-16(18)23/h3-10H,11-14H2,1-2H3,(H,21,24). The van der Waals surface area contributed by atoms with E-state index in [0.717, 1.165) is 11.4 Å². The van der Waals surface area contributed by atoms with Gasteiger partial charge >= 0.3 is 0 Å². The smallest absolute Gasteiger partial charge is 0.223 e. The molecule has 2 aromatic rings. The molecule has 0 atom stereocenters. The van der Waals surface area contributed by atoms with E-state index in [4.69, 9.17) is 0 Å². The van der Waals surface area contributed by atoms with Crippen molar-refractivity contribution in [3.8, 4) is 0 Å². The monoisotopic (exact) mass is 369 g/mol. The molecule has 2 aromatic carbocycles. The molecular weight excluding hydrogens is 346 g/mol. The van der Waals surface area contributed by atoms with E-state index in [1.54, 1.807) is 25.9 Å². The summed E-state index contributed by atoms with van der Waals surface area (Å²) >= 11 is 1.76. The maximum atomic E-state index is 12.2. The van der Waals surface area contributed by atoms with Gasteiger partial charge in [-0.3, -0.25) is 9.59 Å². The minimum atomic E-state index is -0.0373. The Morgan fingerprint density at radius 1 is 0.962 bits per heavy atom. The summed E-state index contributed by atoms with van der Waals surface area (Å²) in [6.07, 6.45) is 0.703. The summed E-state index contributed by atoms with van der Waals surface area (Å²) in [7, 11) is 3.43. The number of carbonyl (C=O) groups is 2. The quantitative estimate of drug-likeness (QED) is 0.849. The number of anilines is 2. The van der Waals surface area contributed by atoms with E-state index in [-0.39, 0.29) is 11.8 Å². The highest BCUT2D eigenvalue weighted by Crippen LogP contribution is 2.47. The minimum Gasteiger partial charge on any atom is -0.356 e. The van der Waals surface area contributed by atoms with Crippen molar-refractivity contribution in [1.29, 1.82) is 0 Å². The Balaban J connectivity index is 1.63. The molecule has 136 valence electrons. The summed E-state index contributed by atoms with van der Waals surface area (Å²) in [6.45, 7) is 0.973. The number of carbonyl (C=O) groups excluding carboxylic acids is 2. The highest BCUT2D eigenvalue weighted by Gasteiger charge is 2.23. The molecule has 0 aliphatic carbocycles. The Kier molecular flexibility index (Phi) is 5.83. The first-order valence-corrected chi connectivity index (χ1v) is 9.48. The lowest BCUT2D eigenvalue weighted by atomic mass is 10.2. The molecule has 1 heterocycles. The van der Waals surface area contributed by atoms with Crippen molar-refractivity contribution in [2.75, 3.05) is 32.1 Å². The van der Waals surface area contributed by atoms with Crippen LogP contribution < -0.4 is 10.2 Å². The molecule has 1 N–H and O–H groups in total. The zero-order valence-electron chi connectivity index (χ0n) is 15.1. The second-order valence-corrected chi connectivity index (χ2v) is 7.41. The molecule has 0 saturated heterocycles. The second kappa shape index (κ2) is 8.27. The van der Waals surface area contributed by atoms with Gasteiger partial charge in [-0.25, -0.2) is 0 Å². The number of para-hydroxylation sites is 2. The summed E-state index contributed by atoms with van der Waals surface area (Å²) in [5, 5.41) is 2.84. The normalized spacial score (nSPS) is 12.2. The first kappa shape index (κ1) is 18.3. The van der Waals surface area contributed by atoms with Crippen molar-refractivity contribution in [2.45, 2.75) is 22.6 Å². The largest absolute Gasteiger partial charge is 0.356 e. The van der Waals surface area contributed by atoms with E-state index in [9.17, 15) is 9.59 Å². The average Bonchev–Trinajstić information content (AvgIpc) is 2.64. The van der Waals surface area contributed by atoms with Crippen LogP contribution in [0.3, 0.4) is 0 Å². The Bertz CT molecular complexity index is 762. The lowest BCUT2D eigenvalue weighted by Crippen LogP contribution is -2.32. The predicted octanol–water partition coefficient (Wildman–Crippen LogP) is 3.27. The average molecular weight is 369 g/mol. The molecule has 2 amide bonds. The molecule has 0 aromatic heterocycles. The first-order valence-electron chi connectivity index (χ1n) is 8.66. The molecule has 0 bridgehead atoms. The van der Waals surface area contributed by atoms with Gasteiger partial charge in [0.2, 0.25) is 11.8 Å². The van der Waals surface area contributed by atoms with Crippen molar-refractivity contribution >= 4 is 35.0 Å². The second-order valence-electron chi connectivity index (χ2n) is 6.33. The number of nitrogens with one attached hydrogen (secondary N) is 1. The van der Waals surface area contributed by atoms with Crippen LogP contribution in [0.15, 0.2) is 58.3 Å². The Morgan fingerprint density at radius 2 is 1.54 bits per heavy atom. The summed E-state index contributed by atoms with van der Waals surface area (Å²) in [5.41, 5.74) is 2.26. The van der Waals surface area contributed by atoms with Gasteiger partial charge in [-0.05, 0) is 24.3 Å². The number of rotatable bonds is 6. The van der Waals surface area contributed by atoms with Gasteiger partial charge in [-0.1, -0.05) is 36.0 Å². The van der Waals surface area contributed by atoms with Gasteiger partial charge in [0, 0.05) is 49.8 Å². The van der Waals surface area contributed by atoms with E-state index < -0.39 is 0 Å². The molecule has 1 aliphatic heterocycles. The van der Waals surface area contributed by atoms with E-state index in [1.165, 1.54) is 14.7 Å². The van der Waals surface area contributed by atoms with Crippen molar-refractivity contribution in [1.82, 2.24) is 10.2 Å². The van der Waals surface area contributed by atoms with Crippen molar-refractivity contribution in [2.24, 2.45) is 0 Å². The molecule has 5 nitrogen and oxygen atoms in total. The fourth-order valence-electron chi connectivity index (χ4n) is 2.86. The highest BCUT2D eigenvalue weighted by molar-refractivity contribution is 7.99. The molecule has 0 saturated carbocycles. The third-order valence-corrected chi connectivity index (χ3v) is 5.38. The van der Waals surface area contributed by atoms with E-state index in [0.29, 0.717) is 25.9 Å². The zero-order valence-corrected chi connectivity index (χ0v) is 15.9. The van der Waals surface area contributed by atoms with E-state index in [2.05, 4.69) is 34.5 Å². The number of amides is 2. The predicted molar refractivity (Wildman–Crippen MR) is 105 cm³/mol. The Hall–Kier alpha value is -2.47. The van der Waals surface area contributed by atoms with Crippen molar-refractivity contribution < 1.29 is 9.59 Å². The summed E-state index contributed by atoms with van der Waals surface area (Å²) in [5.74, 6) is -0.0223. The van der Waals surface area contributed by atoms with E-state index in [1.807, 2.05) is 24.3 Å². The molecule has 0 unspecified atom stereocenters. The number of hydrogen-bond donors (Lipinski definition) is 1. The molecular formula is C20H23N3O2S. The first-order chi connectivity index (χ1) is 12.6. The third kappa shape index (κ3) is 4.19. The lowest BCUT2D eigenvalue weighted by molar-refractivity contribution is -0.128. The molecule has 3 rings (SSSR count). The Morgan fingerprint density at radius 3 is 2.12 bits per heavy atom. The molecule has 0 fully saturated rings. The molecule has 0 radical (unpaired) electrons. The van der Waals surface area contributed by atoms with E-state index >= 15 is 0 Å². The minimum absolute atomic E-state index is 0.0150. The molecule has 6 heteroatoms. The zero-order chi connectivity index (χ0) is 18.5. The topological polar surface area (TPSA) is 52.7 Å². The lowest BCUT2D eigenvalue weighted by Gasteiger charge is -2.32. The number of hydrogen-bond acceptors (Lipinski definition) is 4. The Labute approximate surface area is 158 Å². The highest BCUT2D eigenvalue weighted by atomic mass is 32.2. The molecule has 0 spiro atoms. The number of benzene rings is 2. The SMILES string of the molecule is CN(C)C(=O)CCNC(=O)CCN1c2ccccc2Sc2ccccc21. The van der Waals surface area contributed by atoms with Crippen LogP contribution in [-0.2, 0) is 9.59 Å². The maximum Gasteiger partial charge on any atom is 0.223 e. The number of fused-ring (bicyclic) bond motifs is 2. The van der Waals surface area contributed by atoms with Crippen LogP contribution >= 0.6 is 11.8 Å². The van der Waals surface area contributed by atoms with Crippen LogP contribution in [0.5, 0.6) is 0 Å². The van der Waals surface area contributed by atoms with Gasteiger partial charge in [0.25, 0.3) is 0 Å². The summed E-state index contributed by atoms with van der Waals surface area (Å²) < 4.78 is 0. The fraction of sp³-hybridized carbons (Fsp3) is 0.300. The maximum absolute atomic E-state index is 12.2. The van der Waals surface area contributed by atoms with Crippen LogP contribution in [0, 0.1) is 0 Å². The fourth-order valence-corrected chi connectivity index (χ4v) is 3.95. The van der Waals surface area contributed by atoms with Gasteiger partial charge in [0.1, 0.15) is 0 Å². The molecule has 26 heavy (non-hydrogen) atoms. The van der Waals surface area contributed by atoms with Crippen LogP contribution in [-0.4, -0.2) is 43.9 Å². The van der Waals surface area contributed by atoms with Crippen LogP contribution in [0.2, 0.25) is 0 Å². The molecule has 1 aliphatic rings. The van der Waals surface area contributed by atoms with Gasteiger partial charge in [0.05, 0.1) is 11.4 Å². The number of nitrogens with zero attached hydrogens (tertiary/aromatic N) is 2. The van der Waals surface area contributed by atoms with Crippen LogP contribution in [0.1, 0.15) is 12.8 Å². The van der Waals surface area contributed by atoms with Gasteiger partial charge < -0.3 is 15.1 Å². The van der Waals surface area contributed by atoms with Gasteiger partial charge in [0.15, 0.2) is 0 Å². The van der Waals surface area contributed by atoms with Crippen LogP contribution in [0.25, 0.3) is 0 Å². The van der Waals surface area contributed by atoms with Gasteiger partial charge in [-0.15, -0.1) is 0 Å². The van der Waals surface area contributed by atoms with Crippen LogP contribution in [0.4, 0.5) is 11.4 Å². The van der Waals surface area contributed by atoms with Gasteiger partial charge in [-0.2, -0.15) is 0 Å². The summed E-state index contributed by atoms with van der Waals surface area (Å²) in [4.78, 5) is 29.9. The summed E-state index contributed by atoms with van der Waals surface area (Å²) in [6, 6.07) is 16.5. The third-order valence-electron chi connectivity index (χ3n) is 4.25. The van der Waals surface area contributed by atoms with Crippen molar-refractivity contribution in [3.05, 3.63) is 48.5 Å².